The Morgan fingerprint density at radius 1 is 1.33 bits per heavy atom. The van der Waals surface area contributed by atoms with Crippen molar-refractivity contribution in [2.45, 2.75) is 40.8 Å². The third-order valence-electron chi connectivity index (χ3n) is 4.66. The molecule has 0 saturated heterocycles. The molecule has 2 aromatic heterocycles. The van der Waals surface area contributed by atoms with Crippen LogP contribution in [0, 0.1) is 39.0 Å². The summed E-state index contributed by atoms with van der Waals surface area (Å²) in [4.78, 5) is 18.9. The van der Waals surface area contributed by atoms with Gasteiger partial charge in [-0.2, -0.15) is 5.26 Å². The predicted molar refractivity (Wildman–Crippen MR) is 88.5 cm³/mol. The molecular formula is C17H21N5O2. The van der Waals surface area contributed by atoms with Gasteiger partial charge in [-0.1, -0.05) is 0 Å². The minimum Gasteiger partial charge on any atom is -0.444 e. The molecule has 126 valence electrons. The first kappa shape index (κ1) is 16.3. The highest BCUT2D eigenvalue weighted by molar-refractivity contribution is 5.92. The molecule has 0 aliphatic carbocycles. The van der Waals surface area contributed by atoms with Crippen molar-refractivity contribution < 1.29 is 9.21 Å². The van der Waals surface area contributed by atoms with Crippen molar-refractivity contribution in [1.29, 1.82) is 5.26 Å². The molecule has 1 amide bonds. The molecule has 3 rings (SSSR count). The van der Waals surface area contributed by atoms with Gasteiger partial charge < -0.3 is 8.98 Å². The van der Waals surface area contributed by atoms with E-state index in [0.29, 0.717) is 17.9 Å². The Balaban J connectivity index is 1.66. The van der Waals surface area contributed by atoms with E-state index in [4.69, 9.17) is 4.42 Å². The van der Waals surface area contributed by atoms with E-state index in [9.17, 15) is 10.1 Å². The smallest absolute Gasteiger partial charge is 0.240 e. The van der Waals surface area contributed by atoms with Crippen LogP contribution in [0.5, 0.6) is 0 Å². The number of nitrogens with one attached hydrogen (secondary N) is 1. The molecule has 2 aromatic rings. The molecule has 0 saturated carbocycles. The largest absolute Gasteiger partial charge is 0.444 e. The van der Waals surface area contributed by atoms with Crippen LogP contribution in [0.4, 0.5) is 5.88 Å². The summed E-state index contributed by atoms with van der Waals surface area (Å²) in [7, 11) is 0. The van der Waals surface area contributed by atoms with Gasteiger partial charge in [0, 0.05) is 24.3 Å². The van der Waals surface area contributed by atoms with Crippen LogP contribution in [0.2, 0.25) is 0 Å². The molecule has 0 atom stereocenters. The number of aromatic nitrogens is 2. The van der Waals surface area contributed by atoms with Gasteiger partial charge in [-0.15, -0.1) is 0 Å². The number of hydrogen-bond acceptors (Lipinski definition) is 5. The number of imidazole rings is 1. The SMILES string of the molecule is Cc1nc2n(c1C)CCN(CC(=O)Nc1oc(C)c(C)c1C#N)C2. The molecule has 24 heavy (non-hydrogen) atoms. The van der Waals surface area contributed by atoms with Crippen molar-refractivity contribution in [3.63, 3.8) is 0 Å². The molecule has 0 bridgehead atoms. The maximum absolute atomic E-state index is 12.3. The number of carbonyl (C=O) groups is 1. The number of amides is 1. The average molecular weight is 327 g/mol. The maximum Gasteiger partial charge on any atom is 0.240 e. The zero-order valence-corrected chi connectivity index (χ0v) is 14.4. The summed E-state index contributed by atoms with van der Waals surface area (Å²) < 4.78 is 7.69. The highest BCUT2D eigenvalue weighted by Gasteiger charge is 2.23. The molecule has 7 heteroatoms. The number of furan rings is 1. The van der Waals surface area contributed by atoms with Gasteiger partial charge in [-0.3, -0.25) is 15.0 Å². The van der Waals surface area contributed by atoms with E-state index >= 15 is 0 Å². The first-order valence-electron chi connectivity index (χ1n) is 7.95. The summed E-state index contributed by atoms with van der Waals surface area (Å²) in [6, 6.07) is 2.08. The third-order valence-corrected chi connectivity index (χ3v) is 4.66. The van der Waals surface area contributed by atoms with Crippen molar-refractivity contribution >= 4 is 11.8 Å². The van der Waals surface area contributed by atoms with Crippen molar-refractivity contribution in [1.82, 2.24) is 14.5 Å². The summed E-state index contributed by atoms with van der Waals surface area (Å²) >= 11 is 0. The molecule has 0 fully saturated rings. The fourth-order valence-corrected chi connectivity index (χ4v) is 3.02. The Morgan fingerprint density at radius 3 is 2.79 bits per heavy atom. The van der Waals surface area contributed by atoms with Gasteiger partial charge in [0.25, 0.3) is 0 Å². The zero-order valence-electron chi connectivity index (χ0n) is 14.4. The monoisotopic (exact) mass is 327 g/mol. The van der Waals surface area contributed by atoms with E-state index in [2.05, 4.69) is 27.9 Å². The predicted octanol–water partition coefficient (Wildman–Crippen LogP) is 2.04. The third kappa shape index (κ3) is 2.81. The van der Waals surface area contributed by atoms with Crippen LogP contribution in [0.25, 0.3) is 0 Å². The van der Waals surface area contributed by atoms with Crippen molar-refractivity contribution in [3.8, 4) is 6.07 Å². The van der Waals surface area contributed by atoms with E-state index in [1.54, 1.807) is 6.92 Å². The normalized spacial score (nSPS) is 14.3. The molecular weight excluding hydrogens is 306 g/mol. The van der Waals surface area contributed by atoms with Gasteiger partial charge in [0.1, 0.15) is 23.2 Å². The molecule has 3 heterocycles. The van der Waals surface area contributed by atoms with E-state index in [0.717, 1.165) is 30.2 Å². The summed E-state index contributed by atoms with van der Waals surface area (Å²) in [6.45, 7) is 10.2. The Bertz CT molecular complexity index is 840. The Labute approximate surface area is 140 Å². The van der Waals surface area contributed by atoms with Crippen LogP contribution in [0.1, 0.15) is 34.1 Å². The highest BCUT2D eigenvalue weighted by atomic mass is 16.4. The first-order valence-corrected chi connectivity index (χ1v) is 7.95. The number of hydrogen-bond donors (Lipinski definition) is 1. The van der Waals surface area contributed by atoms with Crippen LogP contribution in [-0.2, 0) is 17.9 Å². The quantitative estimate of drug-likeness (QED) is 0.932. The second-order valence-electron chi connectivity index (χ2n) is 6.21. The highest BCUT2D eigenvalue weighted by Crippen LogP contribution is 2.25. The van der Waals surface area contributed by atoms with E-state index in [1.165, 1.54) is 5.69 Å². The zero-order chi connectivity index (χ0) is 17.4. The fraction of sp³-hybridized carbons (Fsp3) is 0.471. The molecule has 0 spiro atoms. The molecule has 1 aliphatic heterocycles. The molecule has 0 unspecified atom stereocenters. The molecule has 1 N–H and O–H groups in total. The minimum absolute atomic E-state index is 0.186. The van der Waals surface area contributed by atoms with Crippen LogP contribution in [0.15, 0.2) is 4.42 Å². The molecule has 0 aromatic carbocycles. The van der Waals surface area contributed by atoms with Crippen LogP contribution < -0.4 is 5.32 Å². The van der Waals surface area contributed by atoms with Crippen molar-refractivity contribution in [3.05, 3.63) is 34.1 Å². The molecule has 1 aliphatic rings. The minimum atomic E-state index is -0.186. The van der Waals surface area contributed by atoms with Gasteiger partial charge in [0.2, 0.25) is 11.8 Å². The van der Waals surface area contributed by atoms with Crippen molar-refractivity contribution in [2.24, 2.45) is 0 Å². The molecule has 0 radical (unpaired) electrons. The second-order valence-corrected chi connectivity index (χ2v) is 6.21. The molecule has 7 nitrogen and oxygen atoms in total. The number of nitriles is 1. The van der Waals surface area contributed by atoms with Gasteiger partial charge in [0.15, 0.2) is 0 Å². The number of nitrogens with zero attached hydrogens (tertiary/aromatic N) is 4. The van der Waals surface area contributed by atoms with Crippen LogP contribution in [-0.4, -0.2) is 33.4 Å². The number of anilines is 1. The van der Waals surface area contributed by atoms with E-state index < -0.39 is 0 Å². The summed E-state index contributed by atoms with van der Waals surface area (Å²) in [5.74, 6) is 1.69. The van der Waals surface area contributed by atoms with E-state index in [-0.39, 0.29) is 18.3 Å². The lowest BCUT2D eigenvalue weighted by Crippen LogP contribution is -2.39. The average Bonchev–Trinajstić information content (AvgIpc) is 2.96. The topological polar surface area (TPSA) is 87.1 Å². The van der Waals surface area contributed by atoms with Crippen molar-refractivity contribution in [2.75, 3.05) is 18.4 Å². The van der Waals surface area contributed by atoms with Gasteiger partial charge in [-0.05, 0) is 27.7 Å². The van der Waals surface area contributed by atoms with Crippen LogP contribution >= 0.6 is 0 Å². The van der Waals surface area contributed by atoms with Gasteiger partial charge >= 0.3 is 0 Å². The lowest BCUT2D eigenvalue weighted by atomic mass is 10.2. The summed E-state index contributed by atoms with van der Waals surface area (Å²) in [6.07, 6.45) is 0. The first-order chi connectivity index (χ1) is 11.4. The maximum atomic E-state index is 12.3. The Morgan fingerprint density at radius 2 is 2.08 bits per heavy atom. The Kier molecular flexibility index (Phi) is 4.16. The van der Waals surface area contributed by atoms with Crippen LogP contribution in [0.3, 0.4) is 0 Å². The standard InChI is InChI=1S/C17H21N5O2/c1-10-13(4)24-17(14(10)7-18)20-16(23)9-21-5-6-22-12(3)11(2)19-15(22)8-21/h5-6,8-9H2,1-4H3,(H,20,23). The lowest BCUT2D eigenvalue weighted by molar-refractivity contribution is -0.117. The number of carbonyl (C=O) groups excluding carboxylic acids is 1. The summed E-state index contributed by atoms with van der Waals surface area (Å²) in [5, 5.41) is 11.9. The lowest BCUT2D eigenvalue weighted by Gasteiger charge is -2.27. The van der Waals surface area contributed by atoms with Gasteiger partial charge in [-0.25, -0.2) is 4.98 Å². The van der Waals surface area contributed by atoms with E-state index in [1.807, 2.05) is 18.7 Å². The number of aryl methyl sites for hydroxylation is 2. The number of rotatable bonds is 3. The second kappa shape index (κ2) is 6.13. The van der Waals surface area contributed by atoms with Gasteiger partial charge in [0.05, 0.1) is 18.8 Å². The Hall–Kier alpha value is -2.59. The fourth-order valence-electron chi connectivity index (χ4n) is 3.02. The number of fused-ring (bicyclic) bond motifs is 1. The summed E-state index contributed by atoms with van der Waals surface area (Å²) in [5.41, 5.74) is 3.38.